The Kier molecular flexibility index (Phi) is 18.0. The molecule has 0 aliphatic carbocycles. The number of unbranched alkanes of at least 4 members (excludes halogenated alkanes) is 10. The van der Waals surface area contributed by atoms with E-state index in [0.717, 1.165) is 77.0 Å². The summed E-state index contributed by atoms with van der Waals surface area (Å²) in [6.07, 6.45) is 15.8. The van der Waals surface area contributed by atoms with Gasteiger partial charge in [-0.1, -0.05) is 0 Å². The van der Waals surface area contributed by atoms with Gasteiger partial charge in [-0.15, -0.1) is 0 Å². The average molecular weight is 865 g/mol. The van der Waals surface area contributed by atoms with Gasteiger partial charge in [0.15, 0.2) is 0 Å². The summed E-state index contributed by atoms with van der Waals surface area (Å²) in [5, 5.41) is 1.05. The number of allylic oxidation sites excluding steroid dienone is 2. The Morgan fingerprint density at radius 2 is 0.887 bits per heavy atom. The van der Waals surface area contributed by atoms with E-state index in [1.807, 2.05) is 24.3 Å². The molecule has 0 heterocycles. The van der Waals surface area contributed by atoms with Crippen LogP contribution in [-0.2, 0) is 9.59 Å². The van der Waals surface area contributed by atoms with E-state index < -0.39 is 30.0 Å². The third kappa shape index (κ3) is 13.0. The molecule has 2 nitrogen and oxygen atoms in total. The van der Waals surface area contributed by atoms with E-state index >= 15 is 9.59 Å². The maximum atomic E-state index is 15.8. The monoisotopic (exact) mass is 864 g/mol. The first-order valence-electron chi connectivity index (χ1n) is 19.2. The molecule has 0 aliphatic rings. The molecular weight excluding hydrogens is 812 g/mol. The molecule has 0 saturated heterocycles. The minimum absolute atomic E-state index is 0.0999. The van der Waals surface area contributed by atoms with Crippen molar-refractivity contribution >= 4 is 72.5 Å². The summed E-state index contributed by atoms with van der Waals surface area (Å²) in [5.74, 6) is -0.815. The first kappa shape index (κ1) is 42.7. The quantitative estimate of drug-likeness (QED) is 0.0341. The van der Waals surface area contributed by atoms with Crippen LogP contribution in [0.4, 0.5) is 8.78 Å². The predicted molar refractivity (Wildman–Crippen MR) is 224 cm³/mol. The summed E-state index contributed by atoms with van der Waals surface area (Å²) in [5.41, 5.74) is 3.20. The summed E-state index contributed by atoms with van der Waals surface area (Å²) >= 11 is 7.87. The van der Waals surface area contributed by atoms with Gasteiger partial charge < -0.3 is 0 Å². The molecule has 7 heteroatoms. The van der Waals surface area contributed by atoms with Crippen molar-refractivity contribution in [1.82, 2.24) is 0 Å². The number of hydrogen-bond donors (Lipinski definition) is 0. The molecule has 0 spiro atoms. The molecule has 0 aromatic heterocycles. The van der Waals surface area contributed by atoms with E-state index in [1.165, 1.54) is 24.3 Å². The van der Waals surface area contributed by atoms with Gasteiger partial charge in [-0.2, -0.15) is 0 Å². The molecule has 0 saturated carbocycles. The molecular formula is C46H52Cl2F2O2Sn. The number of carbonyl (C=O) groups is 2. The molecule has 0 aliphatic heterocycles. The van der Waals surface area contributed by atoms with Crippen molar-refractivity contribution in [2.75, 3.05) is 0 Å². The van der Waals surface area contributed by atoms with E-state index in [1.54, 1.807) is 60.7 Å². The molecule has 0 bridgehead atoms. The van der Waals surface area contributed by atoms with Gasteiger partial charge in [0.2, 0.25) is 0 Å². The van der Waals surface area contributed by atoms with Gasteiger partial charge in [-0.05, 0) is 0 Å². The second kappa shape index (κ2) is 22.3. The van der Waals surface area contributed by atoms with Crippen LogP contribution in [0.15, 0.2) is 97.1 Å². The van der Waals surface area contributed by atoms with Gasteiger partial charge in [-0.3, -0.25) is 0 Å². The number of halogens is 4. The third-order valence-electron chi connectivity index (χ3n) is 9.90. The van der Waals surface area contributed by atoms with E-state index in [0.29, 0.717) is 52.3 Å². The Bertz CT molecular complexity index is 1700. The van der Waals surface area contributed by atoms with Crippen LogP contribution in [0.2, 0.25) is 18.9 Å². The van der Waals surface area contributed by atoms with E-state index in [2.05, 4.69) is 13.8 Å². The molecule has 0 atom stereocenters. The number of rotatable bonds is 22. The molecule has 0 unspecified atom stereocenters. The van der Waals surface area contributed by atoms with Crippen LogP contribution in [0.25, 0.3) is 23.3 Å². The molecule has 4 aromatic carbocycles. The molecule has 0 radical (unpaired) electrons. The summed E-state index contributed by atoms with van der Waals surface area (Å²) in [7, 11) is 0. The van der Waals surface area contributed by atoms with E-state index in [-0.39, 0.29) is 7.60 Å². The number of carbonyl (C=O) groups excluding carboxylic acids is 2. The molecule has 0 fully saturated rings. The van der Waals surface area contributed by atoms with E-state index in [9.17, 15) is 8.78 Å². The molecule has 4 aromatic rings. The van der Waals surface area contributed by atoms with Crippen LogP contribution in [0.3, 0.4) is 0 Å². The Labute approximate surface area is 329 Å². The van der Waals surface area contributed by atoms with Crippen LogP contribution in [0.1, 0.15) is 113 Å². The van der Waals surface area contributed by atoms with Gasteiger partial charge in [0.25, 0.3) is 0 Å². The molecule has 280 valence electrons. The van der Waals surface area contributed by atoms with Crippen LogP contribution in [0, 0.1) is 11.6 Å². The number of benzene rings is 4. The van der Waals surface area contributed by atoms with Crippen LogP contribution in [-0.4, -0.2) is 26.0 Å². The average Bonchev–Trinajstić information content (AvgIpc) is 3.15. The first-order chi connectivity index (χ1) is 25.7. The standard InChI is InChI=1S/2C15H9ClFO.2C8H17.Sn/c2*16-14-6-4-12(5-7-14)13(10-18)8-11-2-1-3-15(17)9-11;2*1-3-5-7-8-6-4-2;/h2*1-9H;2*1,3-8H2,2H3;/b2*13-8-;;;. The van der Waals surface area contributed by atoms with Crippen LogP contribution in [0.5, 0.6) is 0 Å². The SMILES string of the molecule is CCCCCCC[CH2][Sn]([CH2]CCCCCCC)([C](=O)/C(=C/c1cccc(F)c1)c1ccc(Cl)cc1)[C](=O)/C(=C/c1cccc(F)c1)c1ccc(Cl)cc1. The van der Waals surface area contributed by atoms with Crippen molar-refractivity contribution in [2.24, 2.45) is 0 Å². The number of hydrogen-bond acceptors (Lipinski definition) is 2. The second-order valence-corrected chi connectivity index (χ2v) is 26.5. The van der Waals surface area contributed by atoms with Crippen LogP contribution >= 0.6 is 23.2 Å². The first-order valence-corrected chi connectivity index (χ1v) is 26.9. The van der Waals surface area contributed by atoms with Crippen molar-refractivity contribution in [3.63, 3.8) is 0 Å². The van der Waals surface area contributed by atoms with Crippen molar-refractivity contribution in [3.8, 4) is 0 Å². The molecule has 4 rings (SSSR count). The normalized spacial score (nSPS) is 12.3. The van der Waals surface area contributed by atoms with Gasteiger partial charge in [0, 0.05) is 0 Å². The van der Waals surface area contributed by atoms with Crippen molar-refractivity contribution in [3.05, 3.63) is 141 Å². The van der Waals surface area contributed by atoms with Crippen molar-refractivity contribution in [2.45, 2.75) is 99.8 Å². The van der Waals surface area contributed by atoms with Gasteiger partial charge in [-0.25, -0.2) is 0 Å². The zero-order valence-electron chi connectivity index (χ0n) is 31.1. The van der Waals surface area contributed by atoms with Gasteiger partial charge in [0.05, 0.1) is 0 Å². The third-order valence-corrected chi connectivity index (χ3v) is 23.8. The summed E-state index contributed by atoms with van der Waals surface area (Å²) in [6, 6.07) is 26.6. The molecule has 0 N–H and O–H groups in total. The minimum atomic E-state index is -4.79. The second-order valence-electron chi connectivity index (χ2n) is 14.0. The fraction of sp³-hybridized carbons (Fsp3) is 0.348. The maximum absolute atomic E-state index is 15.8. The zero-order chi connectivity index (χ0) is 38.1. The molecule has 53 heavy (non-hydrogen) atoms. The fourth-order valence-corrected chi connectivity index (χ4v) is 20.2. The Morgan fingerprint density at radius 3 is 1.25 bits per heavy atom. The van der Waals surface area contributed by atoms with Crippen molar-refractivity contribution in [1.29, 1.82) is 0 Å². The predicted octanol–water partition coefficient (Wildman–Crippen LogP) is 14.4. The summed E-state index contributed by atoms with van der Waals surface area (Å²) < 4.78 is 30.0. The zero-order valence-corrected chi connectivity index (χ0v) is 35.5. The Balaban J connectivity index is 1.95. The van der Waals surface area contributed by atoms with Gasteiger partial charge >= 0.3 is 332 Å². The fourth-order valence-electron chi connectivity index (χ4n) is 6.96. The topological polar surface area (TPSA) is 34.1 Å². The molecule has 0 amide bonds. The Morgan fingerprint density at radius 1 is 0.528 bits per heavy atom. The van der Waals surface area contributed by atoms with Crippen molar-refractivity contribution < 1.29 is 18.4 Å². The Hall–Kier alpha value is -3.06. The summed E-state index contributed by atoms with van der Waals surface area (Å²) in [6.45, 7) is 4.37. The van der Waals surface area contributed by atoms with Gasteiger partial charge in [0.1, 0.15) is 0 Å². The summed E-state index contributed by atoms with van der Waals surface area (Å²) in [4.78, 5) is 31.6. The van der Waals surface area contributed by atoms with E-state index in [4.69, 9.17) is 23.2 Å². The van der Waals surface area contributed by atoms with Crippen LogP contribution < -0.4 is 0 Å².